The van der Waals surface area contributed by atoms with Crippen LogP contribution in [0, 0.1) is 13.8 Å². The van der Waals surface area contributed by atoms with Gasteiger partial charge in [-0.1, -0.05) is 17.7 Å². The van der Waals surface area contributed by atoms with Gasteiger partial charge < -0.3 is 5.32 Å². The van der Waals surface area contributed by atoms with Gasteiger partial charge in [0.25, 0.3) is 0 Å². The number of thioether (sulfide) groups is 1. The Hall–Kier alpha value is -1.85. The fourth-order valence-corrected chi connectivity index (χ4v) is 3.61. The van der Waals surface area contributed by atoms with Crippen LogP contribution in [-0.4, -0.2) is 16.6 Å². The lowest BCUT2D eigenvalue weighted by Crippen LogP contribution is -2.13. The summed E-state index contributed by atoms with van der Waals surface area (Å²) >= 11 is 3.20. The molecule has 5 heteroatoms. The van der Waals surface area contributed by atoms with E-state index in [1.807, 2.05) is 37.3 Å². The quantitative estimate of drug-likeness (QED) is 0.709. The van der Waals surface area contributed by atoms with Crippen LogP contribution in [-0.2, 0) is 4.79 Å². The van der Waals surface area contributed by atoms with E-state index in [4.69, 9.17) is 0 Å². The Balaban J connectivity index is 1.61. The Labute approximate surface area is 137 Å². The van der Waals surface area contributed by atoms with Crippen molar-refractivity contribution in [2.24, 2.45) is 0 Å². The van der Waals surface area contributed by atoms with E-state index in [1.54, 1.807) is 11.3 Å². The van der Waals surface area contributed by atoms with Crippen molar-refractivity contribution in [2.45, 2.75) is 18.7 Å². The first-order chi connectivity index (χ1) is 10.6. The summed E-state index contributed by atoms with van der Waals surface area (Å²) in [6, 6.07) is 14.0. The normalized spacial score (nSPS) is 10.8. The van der Waals surface area contributed by atoms with Gasteiger partial charge in [-0.3, -0.25) is 4.79 Å². The molecule has 1 N–H and O–H groups in total. The average molecular weight is 328 g/mol. The number of benzene rings is 2. The van der Waals surface area contributed by atoms with Crippen molar-refractivity contribution in [3.8, 4) is 0 Å². The van der Waals surface area contributed by atoms with Gasteiger partial charge in [0.05, 0.1) is 21.0 Å². The van der Waals surface area contributed by atoms with Crippen LogP contribution in [0.25, 0.3) is 10.2 Å². The summed E-state index contributed by atoms with van der Waals surface area (Å²) in [5, 5.41) is 3.97. The van der Waals surface area contributed by atoms with Crippen molar-refractivity contribution in [1.29, 1.82) is 0 Å². The maximum Gasteiger partial charge on any atom is 0.234 e. The summed E-state index contributed by atoms with van der Waals surface area (Å²) in [4.78, 5) is 17.6. The number of carbonyl (C=O) groups is 1. The number of thiazole rings is 1. The van der Waals surface area contributed by atoms with Gasteiger partial charge in [0.1, 0.15) is 0 Å². The summed E-state index contributed by atoms with van der Waals surface area (Å²) < 4.78 is 1.14. The van der Waals surface area contributed by atoms with Gasteiger partial charge in [0.2, 0.25) is 5.91 Å². The highest BCUT2D eigenvalue weighted by atomic mass is 32.2. The van der Waals surface area contributed by atoms with Gasteiger partial charge in [-0.05, 0) is 44.2 Å². The molecule has 3 aromatic rings. The van der Waals surface area contributed by atoms with Crippen LogP contribution in [0.3, 0.4) is 0 Å². The predicted molar refractivity (Wildman–Crippen MR) is 94.9 cm³/mol. The lowest BCUT2D eigenvalue weighted by atomic mass is 10.2. The van der Waals surface area contributed by atoms with Crippen molar-refractivity contribution in [3.63, 3.8) is 0 Å². The average Bonchev–Trinajstić information content (AvgIpc) is 2.86. The lowest BCUT2D eigenvalue weighted by molar-refractivity contribution is -0.113. The Morgan fingerprint density at radius 2 is 1.95 bits per heavy atom. The van der Waals surface area contributed by atoms with Crippen molar-refractivity contribution < 1.29 is 4.79 Å². The van der Waals surface area contributed by atoms with Crippen molar-refractivity contribution in [1.82, 2.24) is 4.98 Å². The number of carbonyl (C=O) groups excluding carboxylic acids is 1. The topological polar surface area (TPSA) is 42.0 Å². The lowest BCUT2D eigenvalue weighted by Gasteiger charge is -2.05. The summed E-state index contributed by atoms with van der Waals surface area (Å²) in [5.41, 5.74) is 2.96. The monoisotopic (exact) mass is 328 g/mol. The van der Waals surface area contributed by atoms with Gasteiger partial charge in [-0.25, -0.2) is 4.98 Å². The molecular weight excluding hydrogens is 312 g/mol. The van der Waals surface area contributed by atoms with E-state index in [9.17, 15) is 4.79 Å². The van der Waals surface area contributed by atoms with E-state index in [-0.39, 0.29) is 5.91 Å². The highest BCUT2D eigenvalue weighted by Crippen LogP contribution is 2.25. The second-order valence-corrected chi connectivity index (χ2v) is 7.35. The van der Waals surface area contributed by atoms with Gasteiger partial charge >= 0.3 is 0 Å². The Morgan fingerprint density at radius 3 is 2.73 bits per heavy atom. The third-order valence-corrected chi connectivity index (χ3v) is 5.13. The molecule has 3 nitrogen and oxygen atoms in total. The largest absolute Gasteiger partial charge is 0.325 e. The summed E-state index contributed by atoms with van der Waals surface area (Å²) in [6.45, 7) is 4.04. The van der Waals surface area contributed by atoms with Crippen LogP contribution >= 0.6 is 23.1 Å². The molecule has 0 spiro atoms. The minimum atomic E-state index is -0.00289. The van der Waals surface area contributed by atoms with E-state index in [2.05, 4.69) is 29.4 Å². The SMILES string of the molecule is Cc1ccc(SCC(=O)Nc2ccc3sc(C)nc3c2)cc1. The first-order valence-corrected chi connectivity index (χ1v) is 8.77. The molecule has 0 unspecified atom stereocenters. The molecule has 1 amide bonds. The van der Waals surface area contributed by atoms with Crippen LogP contribution in [0.4, 0.5) is 5.69 Å². The minimum Gasteiger partial charge on any atom is -0.325 e. The zero-order valence-corrected chi connectivity index (χ0v) is 14.1. The molecule has 0 fully saturated rings. The number of rotatable bonds is 4. The summed E-state index contributed by atoms with van der Waals surface area (Å²) in [6.07, 6.45) is 0. The molecule has 112 valence electrons. The summed E-state index contributed by atoms with van der Waals surface area (Å²) in [5.74, 6) is 0.397. The number of amides is 1. The van der Waals surface area contributed by atoms with Gasteiger partial charge in [-0.2, -0.15) is 0 Å². The second kappa shape index (κ2) is 6.50. The highest BCUT2D eigenvalue weighted by Gasteiger charge is 2.06. The Morgan fingerprint density at radius 1 is 1.18 bits per heavy atom. The van der Waals surface area contributed by atoms with Crippen LogP contribution in [0.1, 0.15) is 10.6 Å². The smallest absolute Gasteiger partial charge is 0.234 e. The van der Waals surface area contributed by atoms with Crippen molar-refractivity contribution in [2.75, 3.05) is 11.1 Å². The number of aromatic nitrogens is 1. The number of fused-ring (bicyclic) bond motifs is 1. The number of nitrogens with zero attached hydrogens (tertiary/aromatic N) is 1. The predicted octanol–water partition coefficient (Wildman–Crippen LogP) is 4.64. The molecular formula is C17H16N2OS2. The summed E-state index contributed by atoms with van der Waals surface area (Å²) in [7, 11) is 0. The second-order valence-electron chi connectivity index (χ2n) is 5.07. The van der Waals surface area contributed by atoms with Crippen LogP contribution in [0.5, 0.6) is 0 Å². The molecule has 0 atom stereocenters. The van der Waals surface area contributed by atoms with Crippen LogP contribution < -0.4 is 5.32 Å². The third-order valence-electron chi connectivity index (χ3n) is 3.17. The molecule has 1 aromatic heterocycles. The Bertz CT molecular complexity index is 809. The molecule has 1 heterocycles. The molecule has 0 bridgehead atoms. The van der Waals surface area contributed by atoms with Crippen LogP contribution in [0.2, 0.25) is 0 Å². The van der Waals surface area contributed by atoms with Crippen molar-refractivity contribution >= 4 is 44.9 Å². The molecule has 0 aliphatic carbocycles. The molecule has 0 aliphatic rings. The van der Waals surface area contributed by atoms with Crippen molar-refractivity contribution in [3.05, 3.63) is 53.0 Å². The molecule has 0 saturated carbocycles. The van der Waals surface area contributed by atoms with E-state index in [0.29, 0.717) is 5.75 Å². The van der Waals surface area contributed by atoms with Crippen LogP contribution in [0.15, 0.2) is 47.4 Å². The first kappa shape index (κ1) is 15.1. The number of anilines is 1. The zero-order valence-electron chi connectivity index (χ0n) is 12.4. The first-order valence-electron chi connectivity index (χ1n) is 6.97. The molecule has 0 radical (unpaired) electrons. The molecule has 3 rings (SSSR count). The maximum absolute atomic E-state index is 12.0. The standard InChI is InChI=1S/C17H16N2OS2/c1-11-3-6-14(7-4-11)21-10-17(20)19-13-5-8-16-15(9-13)18-12(2)22-16/h3-9H,10H2,1-2H3,(H,19,20). The van der Waals surface area contributed by atoms with E-state index in [1.165, 1.54) is 17.3 Å². The van der Waals surface area contributed by atoms with Gasteiger partial charge in [-0.15, -0.1) is 23.1 Å². The van der Waals surface area contributed by atoms with E-state index < -0.39 is 0 Å². The van der Waals surface area contributed by atoms with Gasteiger partial charge in [0, 0.05) is 10.6 Å². The van der Waals surface area contributed by atoms with E-state index in [0.717, 1.165) is 25.8 Å². The minimum absolute atomic E-state index is 0.00289. The number of hydrogen-bond acceptors (Lipinski definition) is 4. The fourth-order valence-electron chi connectivity index (χ4n) is 2.10. The molecule has 0 saturated heterocycles. The maximum atomic E-state index is 12.0. The fraction of sp³-hybridized carbons (Fsp3) is 0.176. The molecule has 0 aliphatic heterocycles. The number of aryl methyl sites for hydroxylation is 2. The number of hydrogen-bond donors (Lipinski definition) is 1. The van der Waals surface area contributed by atoms with E-state index >= 15 is 0 Å². The van der Waals surface area contributed by atoms with Gasteiger partial charge in [0.15, 0.2) is 0 Å². The molecule has 22 heavy (non-hydrogen) atoms. The zero-order chi connectivity index (χ0) is 15.5. The Kier molecular flexibility index (Phi) is 4.45. The highest BCUT2D eigenvalue weighted by molar-refractivity contribution is 8.00. The number of nitrogens with one attached hydrogen (secondary N) is 1. The molecule has 2 aromatic carbocycles. The third kappa shape index (κ3) is 3.67.